The standard InChI is InChI=1S/C27H27N7O/c1-3-4-10-25-19(2)34(22-8-6-5-7-9-22)27(35)33(25)18-20-11-13-21(14-12-20)24-17-28-16-15-23(24)26-29-31-32-30-26/h5-9,11-17H,3-4,10,18H2,1-2H3,(H,29,30,31,32). The van der Waals surface area contributed by atoms with Gasteiger partial charge in [0.1, 0.15) is 0 Å². The molecule has 0 radical (unpaired) electrons. The van der Waals surface area contributed by atoms with Crippen LogP contribution in [0.4, 0.5) is 0 Å². The summed E-state index contributed by atoms with van der Waals surface area (Å²) in [5, 5.41) is 14.2. The molecule has 0 bridgehead atoms. The first-order valence-corrected chi connectivity index (χ1v) is 11.8. The third kappa shape index (κ3) is 4.42. The summed E-state index contributed by atoms with van der Waals surface area (Å²) in [6.45, 7) is 4.73. The molecule has 5 aromatic rings. The number of aromatic amines is 1. The van der Waals surface area contributed by atoms with Gasteiger partial charge in [-0.2, -0.15) is 0 Å². The number of hydrogen-bond acceptors (Lipinski definition) is 5. The van der Waals surface area contributed by atoms with Gasteiger partial charge in [0.05, 0.1) is 12.2 Å². The number of benzene rings is 2. The number of pyridine rings is 1. The highest BCUT2D eigenvalue weighted by atomic mass is 16.1. The van der Waals surface area contributed by atoms with Crippen LogP contribution < -0.4 is 5.69 Å². The van der Waals surface area contributed by atoms with E-state index in [9.17, 15) is 4.79 Å². The summed E-state index contributed by atoms with van der Waals surface area (Å²) in [6, 6.07) is 20.0. The number of nitrogens with one attached hydrogen (secondary N) is 1. The number of tetrazole rings is 1. The zero-order chi connectivity index (χ0) is 24.2. The molecular weight excluding hydrogens is 438 g/mol. The number of aromatic nitrogens is 7. The van der Waals surface area contributed by atoms with E-state index in [1.807, 2.05) is 58.7 Å². The van der Waals surface area contributed by atoms with Crippen molar-refractivity contribution in [2.75, 3.05) is 0 Å². The molecule has 0 unspecified atom stereocenters. The summed E-state index contributed by atoms with van der Waals surface area (Å²) >= 11 is 0. The van der Waals surface area contributed by atoms with E-state index in [4.69, 9.17) is 0 Å². The van der Waals surface area contributed by atoms with E-state index in [0.717, 1.165) is 58.6 Å². The predicted octanol–water partition coefficient (Wildman–Crippen LogP) is 4.58. The Morgan fingerprint density at radius 3 is 2.49 bits per heavy atom. The van der Waals surface area contributed by atoms with E-state index >= 15 is 0 Å². The second kappa shape index (κ2) is 9.89. The van der Waals surface area contributed by atoms with Gasteiger partial charge in [-0.25, -0.2) is 9.89 Å². The van der Waals surface area contributed by atoms with E-state index in [2.05, 4.69) is 56.8 Å². The predicted molar refractivity (Wildman–Crippen MR) is 135 cm³/mol. The molecule has 0 spiro atoms. The van der Waals surface area contributed by atoms with Crippen LogP contribution in [0.25, 0.3) is 28.2 Å². The molecular formula is C27H27N7O. The lowest BCUT2D eigenvalue weighted by Gasteiger charge is -2.10. The number of hydrogen-bond donors (Lipinski definition) is 1. The van der Waals surface area contributed by atoms with Crippen LogP contribution in [0.1, 0.15) is 36.7 Å². The lowest BCUT2D eigenvalue weighted by atomic mass is 10.0. The fourth-order valence-corrected chi connectivity index (χ4v) is 4.48. The molecule has 0 fully saturated rings. The van der Waals surface area contributed by atoms with Gasteiger partial charge in [-0.15, -0.1) is 5.10 Å². The van der Waals surface area contributed by atoms with Crippen LogP contribution in [0.3, 0.4) is 0 Å². The Hall–Kier alpha value is -4.33. The lowest BCUT2D eigenvalue weighted by Crippen LogP contribution is -2.25. The van der Waals surface area contributed by atoms with Crippen molar-refractivity contribution in [1.29, 1.82) is 0 Å². The molecule has 0 aliphatic rings. The minimum Gasteiger partial charge on any atom is -0.291 e. The lowest BCUT2D eigenvalue weighted by molar-refractivity contribution is 0.673. The largest absolute Gasteiger partial charge is 0.333 e. The zero-order valence-electron chi connectivity index (χ0n) is 19.8. The molecule has 176 valence electrons. The Morgan fingerprint density at radius 2 is 1.77 bits per heavy atom. The molecule has 8 nitrogen and oxygen atoms in total. The number of rotatable bonds is 8. The van der Waals surface area contributed by atoms with Gasteiger partial charge >= 0.3 is 5.69 Å². The Kier molecular flexibility index (Phi) is 6.34. The maximum atomic E-state index is 13.5. The number of para-hydroxylation sites is 1. The van der Waals surface area contributed by atoms with Gasteiger partial charge in [0.15, 0.2) is 5.82 Å². The van der Waals surface area contributed by atoms with E-state index < -0.39 is 0 Å². The first-order valence-electron chi connectivity index (χ1n) is 11.8. The quantitative estimate of drug-likeness (QED) is 0.362. The van der Waals surface area contributed by atoms with Gasteiger partial charge in [0.2, 0.25) is 0 Å². The Balaban J connectivity index is 1.49. The van der Waals surface area contributed by atoms with Crippen molar-refractivity contribution in [3.05, 3.63) is 100 Å². The van der Waals surface area contributed by atoms with E-state index in [0.29, 0.717) is 12.4 Å². The van der Waals surface area contributed by atoms with Gasteiger partial charge in [-0.3, -0.25) is 14.1 Å². The van der Waals surface area contributed by atoms with Crippen molar-refractivity contribution in [1.82, 2.24) is 34.7 Å². The number of imidazole rings is 1. The van der Waals surface area contributed by atoms with Crippen LogP contribution >= 0.6 is 0 Å². The Labute approximate surface area is 203 Å². The second-order valence-corrected chi connectivity index (χ2v) is 8.54. The first-order chi connectivity index (χ1) is 17.2. The summed E-state index contributed by atoms with van der Waals surface area (Å²) in [6.07, 6.45) is 6.52. The number of unbranched alkanes of at least 4 members (excludes halogenated alkanes) is 1. The molecule has 35 heavy (non-hydrogen) atoms. The Morgan fingerprint density at radius 1 is 0.971 bits per heavy atom. The fourth-order valence-electron chi connectivity index (χ4n) is 4.48. The highest BCUT2D eigenvalue weighted by Gasteiger charge is 2.18. The van der Waals surface area contributed by atoms with Crippen LogP contribution in [0.2, 0.25) is 0 Å². The third-order valence-corrected chi connectivity index (χ3v) is 6.31. The number of nitrogens with zero attached hydrogens (tertiary/aromatic N) is 6. The van der Waals surface area contributed by atoms with Gasteiger partial charge in [0.25, 0.3) is 0 Å². The molecule has 3 heterocycles. The van der Waals surface area contributed by atoms with Gasteiger partial charge in [0, 0.05) is 34.9 Å². The SMILES string of the molecule is CCCCc1c(C)n(-c2ccccc2)c(=O)n1Cc1ccc(-c2cnccc2-c2nnn[nH]2)cc1. The van der Waals surface area contributed by atoms with Crippen molar-refractivity contribution in [2.45, 2.75) is 39.7 Å². The summed E-state index contributed by atoms with van der Waals surface area (Å²) in [5.41, 5.74) is 6.87. The van der Waals surface area contributed by atoms with E-state index in [1.165, 1.54) is 0 Å². The van der Waals surface area contributed by atoms with Crippen LogP contribution in [0, 0.1) is 6.92 Å². The zero-order valence-corrected chi connectivity index (χ0v) is 19.8. The number of H-pyrrole nitrogens is 1. The third-order valence-electron chi connectivity index (χ3n) is 6.31. The summed E-state index contributed by atoms with van der Waals surface area (Å²) in [5.74, 6) is 0.594. The van der Waals surface area contributed by atoms with Gasteiger partial charge < -0.3 is 0 Å². The minimum absolute atomic E-state index is 0.00348. The van der Waals surface area contributed by atoms with Crippen LogP contribution in [-0.2, 0) is 13.0 Å². The van der Waals surface area contributed by atoms with Crippen LogP contribution in [-0.4, -0.2) is 34.7 Å². The van der Waals surface area contributed by atoms with E-state index in [-0.39, 0.29) is 5.69 Å². The Bertz CT molecular complexity index is 1470. The molecule has 0 aliphatic heterocycles. The van der Waals surface area contributed by atoms with Crippen molar-refractivity contribution < 1.29 is 0 Å². The summed E-state index contributed by atoms with van der Waals surface area (Å²) < 4.78 is 3.75. The smallest absolute Gasteiger partial charge is 0.291 e. The first kappa shape index (κ1) is 22.5. The van der Waals surface area contributed by atoms with E-state index in [1.54, 1.807) is 6.20 Å². The molecule has 0 aliphatic carbocycles. The van der Waals surface area contributed by atoms with Crippen molar-refractivity contribution in [3.63, 3.8) is 0 Å². The highest BCUT2D eigenvalue weighted by Crippen LogP contribution is 2.29. The molecule has 5 rings (SSSR count). The molecule has 0 saturated heterocycles. The van der Waals surface area contributed by atoms with Crippen LogP contribution in [0.15, 0.2) is 77.9 Å². The second-order valence-electron chi connectivity index (χ2n) is 8.54. The van der Waals surface area contributed by atoms with Gasteiger partial charge in [-0.1, -0.05) is 55.8 Å². The molecule has 0 amide bonds. The average Bonchev–Trinajstić information content (AvgIpc) is 3.51. The normalized spacial score (nSPS) is 11.1. The minimum atomic E-state index is -0.00348. The maximum absolute atomic E-state index is 13.5. The molecule has 8 heteroatoms. The topological polar surface area (TPSA) is 94.3 Å². The molecule has 3 aromatic heterocycles. The molecule has 2 aromatic carbocycles. The molecule has 0 saturated carbocycles. The molecule has 0 atom stereocenters. The summed E-state index contributed by atoms with van der Waals surface area (Å²) in [7, 11) is 0. The van der Waals surface area contributed by atoms with Gasteiger partial charge in [-0.05, 0) is 59.5 Å². The monoisotopic (exact) mass is 465 g/mol. The van der Waals surface area contributed by atoms with Crippen molar-refractivity contribution in [3.8, 4) is 28.2 Å². The maximum Gasteiger partial charge on any atom is 0.333 e. The fraction of sp³-hybridized carbons (Fsp3) is 0.222. The average molecular weight is 466 g/mol. The summed E-state index contributed by atoms with van der Waals surface area (Å²) in [4.78, 5) is 17.8. The highest BCUT2D eigenvalue weighted by molar-refractivity contribution is 5.79. The molecule has 1 N–H and O–H groups in total. The van der Waals surface area contributed by atoms with Crippen molar-refractivity contribution >= 4 is 0 Å². The van der Waals surface area contributed by atoms with Crippen molar-refractivity contribution in [2.24, 2.45) is 0 Å². The van der Waals surface area contributed by atoms with Crippen LogP contribution in [0.5, 0.6) is 0 Å².